The molecule has 0 aliphatic heterocycles. The molecule has 4 aromatic rings. The fraction of sp³-hybridized carbons (Fsp3) is 0.174. The average Bonchev–Trinajstić information content (AvgIpc) is 3.21. The third-order valence-corrected chi connectivity index (χ3v) is 6.67. The van der Waals surface area contributed by atoms with E-state index in [0.717, 1.165) is 32.9 Å². The molecule has 2 aromatic heterocycles. The van der Waals surface area contributed by atoms with E-state index < -0.39 is 0 Å². The van der Waals surface area contributed by atoms with Gasteiger partial charge in [0.05, 0.1) is 11.7 Å². The van der Waals surface area contributed by atoms with Gasteiger partial charge in [-0.3, -0.25) is 14.2 Å². The van der Waals surface area contributed by atoms with E-state index in [2.05, 4.69) is 28.5 Å². The summed E-state index contributed by atoms with van der Waals surface area (Å²) < 4.78 is 1.37. The standard InChI is InChI=1S/C23H19N3O2S/c1-13-14(2)29-22-21(13)23(28)26(12-24-22)11-20(27)25-17-8-7-16-9-15-5-3-4-6-18(15)19(16)10-17/h3-8,10,12H,9,11H2,1-2H3,(H,25,27). The lowest BCUT2D eigenvalue weighted by Crippen LogP contribution is -2.27. The molecular weight excluding hydrogens is 382 g/mol. The molecule has 0 radical (unpaired) electrons. The van der Waals surface area contributed by atoms with Gasteiger partial charge in [-0.1, -0.05) is 30.3 Å². The molecule has 5 rings (SSSR count). The first-order chi connectivity index (χ1) is 14.0. The van der Waals surface area contributed by atoms with Crippen molar-refractivity contribution in [2.24, 2.45) is 0 Å². The maximum absolute atomic E-state index is 12.8. The third kappa shape index (κ3) is 2.96. The van der Waals surface area contributed by atoms with E-state index >= 15 is 0 Å². The van der Waals surface area contributed by atoms with E-state index in [-0.39, 0.29) is 18.0 Å². The number of hydrogen-bond acceptors (Lipinski definition) is 4. The van der Waals surface area contributed by atoms with Crippen LogP contribution in [0.2, 0.25) is 0 Å². The van der Waals surface area contributed by atoms with E-state index in [4.69, 9.17) is 0 Å². The molecule has 1 N–H and O–H groups in total. The number of nitrogens with one attached hydrogen (secondary N) is 1. The van der Waals surface area contributed by atoms with Crippen molar-refractivity contribution in [2.75, 3.05) is 5.32 Å². The summed E-state index contributed by atoms with van der Waals surface area (Å²) in [5.41, 5.74) is 6.44. The van der Waals surface area contributed by atoms with Crippen LogP contribution in [0.25, 0.3) is 21.3 Å². The summed E-state index contributed by atoms with van der Waals surface area (Å²) >= 11 is 1.50. The SMILES string of the molecule is Cc1sc2ncn(CC(=O)Nc3ccc4c(c3)-c3ccccc3C4)c(=O)c2c1C. The number of aryl methyl sites for hydroxylation is 2. The minimum Gasteiger partial charge on any atom is -0.325 e. The molecule has 1 aliphatic rings. The molecule has 1 amide bonds. The maximum atomic E-state index is 12.8. The van der Waals surface area contributed by atoms with Gasteiger partial charge in [-0.15, -0.1) is 11.3 Å². The highest BCUT2D eigenvalue weighted by molar-refractivity contribution is 7.18. The largest absolute Gasteiger partial charge is 0.325 e. The van der Waals surface area contributed by atoms with Gasteiger partial charge in [0.25, 0.3) is 5.56 Å². The Morgan fingerprint density at radius 2 is 1.93 bits per heavy atom. The van der Waals surface area contributed by atoms with Crippen molar-refractivity contribution in [2.45, 2.75) is 26.8 Å². The highest BCUT2D eigenvalue weighted by Crippen LogP contribution is 2.37. The molecule has 1 aliphatic carbocycles. The Kier molecular flexibility index (Phi) is 4.10. The van der Waals surface area contributed by atoms with Crippen molar-refractivity contribution in [3.05, 3.63) is 80.7 Å². The highest BCUT2D eigenvalue weighted by Gasteiger charge is 2.19. The molecule has 0 bridgehead atoms. The second kappa shape index (κ2) is 6.67. The molecule has 144 valence electrons. The Bertz CT molecular complexity index is 1350. The molecule has 0 fully saturated rings. The first-order valence-corrected chi connectivity index (χ1v) is 10.3. The predicted molar refractivity (Wildman–Crippen MR) is 117 cm³/mol. The van der Waals surface area contributed by atoms with Gasteiger partial charge in [-0.25, -0.2) is 4.98 Å². The van der Waals surface area contributed by atoms with Crippen LogP contribution in [0.3, 0.4) is 0 Å². The van der Waals surface area contributed by atoms with Crippen LogP contribution in [0.4, 0.5) is 5.69 Å². The highest BCUT2D eigenvalue weighted by atomic mass is 32.1. The number of nitrogens with zero attached hydrogens (tertiary/aromatic N) is 2. The first-order valence-electron chi connectivity index (χ1n) is 9.47. The fourth-order valence-corrected chi connectivity index (χ4v) is 4.93. The smallest absolute Gasteiger partial charge is 0.262 e. The van der Waals surface area contributed by atoms with Crippen molar-refractivity contribution in [1.82, 2.24) is 9.55 Å². The van der Waals surface area contributed by atoms with E-state index in [0.29, 0.717) is 5.39 Å². The lowest BCUT2D eigenvalue weighted by Gasteiger charge is -2.09. The second-order valence-electron chi connectivity index (χ2n) is 7.40. The van der Waals surface area contributed by atoms with Crippen LogP contribution >= 0.6 is 11.3 Å². The average molecular weight is 401 g/mol. The van der Waals surface area contributed by atoms with E-state index in [1.165, 1.54) is 38.9 Å². The molecule has 0 saturated heterocycles. The minimum atomic E-state index is -0.246. The number of benzene rings is 2. The molecule has 0 saturated carbocycles. The molecule has 2 heterocycles. The molecule has 2 aromatic carbocycles. The van der Waals surface area contributed by atoms with Crippen LogP contribution in [0.5, 0.6) is 0 Å². The Hall–Kier alpha value is -3.25. The van der Waals surface area contributed by atoms with Gasteiger partial charge < -0.3 is 5.32 Å². The number of thiophene rings is 1. The number of aromatic nitrogens is 2. The summed E-state index contributed by atoms with van der Waals surface area (Å²) in [5.74, 6) is -0.246. The van der Waals surface area contributed by atoms with Crippen LogP contribution in [-0.4, -0.2) is 15.5 Å². The molecular formula is C23H19N3O2S. The Balaban J connectivity index is 1.40. The topological polar surface area (TPSA) is 64.0 Å². The van der Waals surface area contributed by atoms with Crippen LogP contribution in [0.15, 0.2) is 53.6 Å². The van der Waals surface area contributed by atoms with Crippen LogP contribution < -0.4 is 10.9 Å². The van der Waals surface area contributed by atoms with E-state index in [1.54, 1.807) is 0 Å². The quantitative estimate of drug-likeness (QED) is 0.491. The monoisotopic (exact) mass is 401 g/mol. The zero-order chi connectivity index (χ0) is 20.1. The molecule has 6 heteroatoms. The summed E-state index contributed by atoms with van der Waals surface area (Å²) in [6, 6.07) is 14.3. The molecule has 0 spiro atoms. The van der Waals surface area contributed by atoms with Gasteiger partial charge in [-0.2, -0.15) is 0 Å². The molecule has 0 atom stereocenters. The van der Waals surface area contributed by atoms with E-state index in [1.807, 2.05) is 38.1 Å². The molecule has 29 heavy (non-hydrogen) atoms. The number of fused-ring (bicyclic) bond motifs is 4. The number of rotatable bonds is 3. The lowest BCUT2D eigenvalue weighted by molar-refractivity contribution is -0.116. The Morgan fingerprint density at radius 3 is 2.79 bits per heavy atom. The third-order valence-electron chi connectivity index (χ3n) is 5.55. The van der Waals surface area contributed by atoms with Crippen LogP contribution in [0.1, 0.15) is 21.6 Å². The van der Waals surface area contributed by atoms with Gasteiger partial charge in [0.1, 0.15) is 11.4 Å². The summed E-state index contributed by atoms with van der Waals surface area (Å²) in [4.78, 5) is 31.6. The van der Waals surface area contributed by atoms with E-state index in [9.17, 15) is 9.59 Å². The minimum absolute atomic E-state index is 0.0657. The van der Waals surface area contributed by atoms with Gasteiger partial charge >= 0.3 is 0 Å². The maximum Gasteiger partial charge on any atom is 0.262 e. The molecule has 0 unspecified atom stereocenters. The van der Waals surface area contributed by atoms with Crippen molar-refractivity contribution in [3.8, 4) is 11.1 Å². The van der Waals surface area contributed by atoms with Gasteiger partial charge in [-0.05, 0) is 60.2 Å². The first kappa shape index (κ1) is 17.8. The van der Waals surface area contributed by atoms with Crippen molar-refractivity contribution >= 4 is 33.1 Å². The normalized spacial score (nSPS) is 12.1. The summed E-state index contributed by atoms with van der Waals surface area (Å²) in [7, 11) is 0. The van der Waals surface area contributed by atoms with Crippen molar-refractivity contribution in [3.63, 3.8) is 0 Å². The summed E-state index contributed by atoms with van der Waals surface area (Å²) in [6.45, 7) is 3.83. The Labute approximate surface area is 171 Å². The Morgan fingerprint density at radius 1 is 1.14 bits per heavy atom. The zero-order valence-electron chi connectivity index (χ0n) is 16.2. The fourth-order valence-electron chi connectivity index (χ4n) is 3.94. The van der Waals surface area contributed by atoms with Gasteiger partial charge in [0.2, 0.25) is 5.91 Å². The number of carbonyl (C=O) groups is 1. The van der Waals surface area contributed by atoms with Crippen molar-refractivity contribution < 1.29 is 4.79 Å². The van der Waals surface area contributed by atoms with Crippen LogP contribution in [0, 0.1) is 13.8 Å². The lowest BCUT2D eigenvalue weighted by atomic mass is 10.1. The van der Waals surface area contributed by atoms with Crippen LogP contribution in [-0.2, 0) is 17.8 Å². The summed E-state index contributed by atoms with van der Waals surface area (Å²) in [5, 5.41) is 3.53. The van der Waals surface area contributed by atoms with Crippen molar-refractivity contribution in [1.29, 1.82) is 0 Å². The zero-order valence-corrected chi connectivity index (χ0v) is 17.0. The van der Waals surface area contributed by atoms with Gasteiger partial charge in [0.15, 0.2) is 0 Å². The number of carbonyl (C=O) groups excluding carboxylic acids is 1. The van der Waals surface area contributed by atoms with Gasteiger partial charge in [0, 0.05) is 10.6 Å². The number of amides is 1. The second-order valence-corrected chi connectivity index (χ2v) is 8.60. The number of hydrogen-bond donors (Lipinski definition) is 1. The number of anilines is 1. The molecule has 5 nitrogen and oxygen atoms in total. The predicted octanol–water partition coefficient (Wildman–Crippen LogP) is 4.28. The summed E-state index contributed by atoms with van der Waals surface area (Å²) in [6.07, 6.45) is 2.37.